The van der Waals surface area contributed by atoms with E-state index in [1.54, 1.807) is 6.08 Å². The molecule has 2 unspecified atom stereocenters. The molecule has 0 radical (unpaired) electrons. The first kappa shape index (κ1) is 15.9. The molecule has 0 spiro atoms. The van der Waals surface area contributed by atoms with Gasteiger partial charge in [0.1, 0.15) is 5.82 Å². The third-order valence-corrected chi connectivity index (χ3v) is 5.12. The highest BCUT2D eigenvalue weighted by Crippen LogP contribution is 2.33. The Morgan fingerprint density at radius 2 is 2.04 bits per heavy atom. The van der Waals surface area contributed by atoms with Gasteiger partial charge in [-0.3, -0.25) is 0 Å². The zero-order valence-electron chi connectivity index (χ0n) is 14.4. The van der Waals surface area contributed by atoms with Gasteiger partial charge in [-0.1, -0.05) is 13.0 Å². The number of nitrogens with zero attached hydrogens (tertiary/aromatic N) is 6. The third kappa shape index (κ3) is 2.81. The van der Waals surface area contributed by atoms with E-state index in [1.807, 2.05) is 21.5 Å². The number of nitrogens with one attached hydrogen (secondary N) is 1. The van der Waals surface area contributed by atoms with Crippen molar-refractivity contribution in [1.82, 2.24) is 30.0 Å². The average Bonchev–Trinajstić information content (AvgIpc) is 3.30. The van der Waals surface area contributed by atoms with Crippen LogP contribution in [0.25, 0.3) is 5.65 Å². The van der Waals surface area contributed by atoms with Crippen LogP contribution in [0.3, 0.4) is 0 Å². The van der Waals surface area contributed by atoms with Crippen molar-refractivity contribution < 1.29 is 4.79 Å². The van der Waals surface area contributed by atoms with Gasteiger partial charge in [0.15, 0.2) is 11.5 Å². The number of amides is 2. The van der Waals surface area contributed by atoms with Crippen molar-refractivity contribution >= 4 is 17.5 Å². The van der Waals surface area contributed by atoms with Crippen molar-refractivity contribution in [3.63, 3.8) is 0 Å². The van der Waals surface area contributed by atoms with Gasteiger partial charge in [0, 0.05) is 51.0 Å². The van der Waals surface area contributed by atoms with E-state index >= 15 is 0 Å². The second kappa shape index (κ2) is 6.34. The molecular weight excluding hydrogens is 318 g/mol. The maximum atomic E-state index is 12.1. The quantitative estimate of drug-likeness (QED) is 0.838. The van der Waals surface area contributed by atoms with E-state index in [0.29, 0.717) is 18.4 Å². The fourth-order valence-corrected chi connectivity index (χ4v) is 3.83. The molecule has 0 bridgehead atoms. The lowest BCUT2D eigenvalue weighted by Gasteiger charge is -2.22. The van der Waals surface area contributed by atoms with Crippen LogP contribution in [0.4, 0.5) is 10.6 Å². The number of fused-ring (bicyclic) bond motifs is 2. The van der Waals surface area contributed by atoms with Crippen LogP contribution in [0, 0.1) is 11.8 Å². The monoisotopic (exact) mass is 341 g/mol. The molecule has 2 fully saturated rings. The van der Waals surface area contributed by atoms with Gasteiger partial charge in [0.05, 0.1) is 0 Å². The fraction of sp³-hybridized carbons (Fsp3) is 0.529. The minimum atomic E-state index is 0.0115. The molecule has 2 amide bonds. The van der Waals surface area contributed by atoms with Gasteiger partial charge in [-0.05, 0) is 12.1 Å². The van der Waals surface area contributed by atoms with Gasteiger partial charge >= 0.3 is 6.03 Å². The molecule has 0 aliphatic carbocycles. The Morgan fingerprint density at radius 3 is 2.72 bits per heavy atom. The largest absolute Gasteiger partial charge is 0.354 e. The molecule has 4 heterocycles. The summed E-state index contributed by atoms with van der Waals surface area (Å²) in [5.41, 5.74) is 0.782. The lowest BCUT2D eigenvalue weighted by molar-refractivity contribution is 0.207. The Balaban J connectivity index is 1.44. The second-order valence-corrected chi connectivity index (χ2v) is 6.74. The highest BCUT2D eigenvalue weighted by molar-refractivity contribution is 5.74. The van der Waals surface area contributed by atoms with Crippen LogP contribution in [-0.2, 0) is 6.42 Å². The molecule has 2 aromatic heterocycles. The van der Waals surface area contributed by atoms with E-state index in [4.69, 9.17) is 5.10 Å². The van der Waals surface area contributed by atoms with Gasteiger partial charge < -0.3 is 15.1 Å². The molecule has 1 N–H and O–H groups in total. The Hall–Kier alpha value is -2.64. The fourth-order valence-electron chi connectivity index (χ4n) is 3.83. The van der Waals surface area contributed by atoms with Crippen LogP contribution >= 0.6 is 0 Å². The lowest BCUT2D eigenvalue weighted by atomic mass is 10.0. The predicted molar refractivity (Wildman–Crippen MR) is 94.5 cm³/mol. The summed E-state index contributed by atoms with van der Waals surface area (Å²) >= 11 is 0. The van der Waals surface area contributed by atoms with Crippen molar-refractivity contribution in [2.75, 3.05) is 37.6 Å². The van der Waals surface area contributed by atoms with E-state index in [2.05, 4.69) is 33.9 Å². The van der Waals surface area contributed by atoms with Crippen LogP contribution in [0.1, 0.15) is 12.7 Å². The minimum Gasteiger partial charge on any atom is -0.354 e. The first-order valence-corrected chi connectivity index (χ1v) is 8.79. The summed E-state index contributed by atoms with van der Waals surface area (Å²) in [5.74, 6) is 2.83. The summed E-state index contributed by atoms with van der Waals surface area (Å²) in [4.78, 5) is 16.3. The predicted octanol–water partition coefficient (Wildman–Crippen LogP) is 0.950. The molecule has 8 nitrogen and oxygen atoms in total. The standard InChI is InChI=1S/C17H23N7O/c1-3-7-18-17(25)23-10-12-8-22(9-13(12)11-23)16-6-5-15-20-19-14(4-2)24(15)21-16/h3,5-6,12-13H,1,4,7-11H2,2H3,(H,18,25). The van der Waals surface area contributed by atoms with Crippen molar-refractivity contribution in [2.24, 2.45) is 11.8 Å². The van der Waals surface area contributed by atoms with Crippen molar-refractivity contribution in [3.8, 4) is 0 Å². The number of rotatable bonds is 4. The number of carbonyl (C=O) groups excluding carboxylic acids is 1. The molecule has 132 valence electrons. The molecular formula is C17H23N7O. The summed E-state index contributed by atoms with van der Waals surface area (Å²) < 4.78 is 1.83. The normalized spacial score (nSPS) is 22.4. The first-order chi connectivity index (χ1) is 12.2. The van der Waals surface area contributed by atoms with E-state index < -0.39 is 0 Å². The van der Waals surface area contributed by atoms with E-state index in [9.17, 15) is 4.79 Å². The topological polar surface area (TPSA) is 78.7 Å². The number of hydrogen-bond donors (Lipinski definition) is 1. The highest BCUT2D eigenvalue weighted by atomic mass is 16.2. The van der Waals surface area contributed by atoms with Crippen molar-refractivity contribution in [1.29, 1.82) is 0 Å². The lowest BCUT2D eigenvalue weighted by Crippen LogP contribution is -2.40. The third-order valence-electron chi connectivity index (χ3n) is 5.12. The molecule has 2 aliphatic rings. The first-order valence-electron chi connectivity index (χ1n) is 8.79. The number of aryl methyl sites for hydroxylation is 1. The number of hydrogen-bond acceptors (Lipinski definition) is 5. The highest BCUT2D eigenvalue weighted by Gasteiger charge is 2.42. The number of aromatic nitrogens is 4. The number of anilines is 1. The van der Waals surface area contributed by atoms with E-state index in [-0.39, 0.29) is 6.03 Å². The average molecular weight is 341 g/mol. The van der Waals surface area contributed by atoms with Crippen LogP contribution in [0.2, 0.25) is 0 Å². The van der Waals surface area contributed by atoms with Crippen molar-refractivity contribution in [3.05, 3.63) is 30.6 Å². The van der Waals surface area contributed by atoms with Crippen LogP contribution in [-0.4, -0.2) is 63.5 Å². The molecule has 4 rings (SSSR count). The zero-order chi connectivity index (χ0) is 17.4. The van der Waals surface area contributed by atoms with Gasteiger partial charge in [-0.2, -0.15) is 4.52 Å². The smallest absolute Gasteiger partial charge is 0.317 e. The molecule has 2 aromatic rings. The van der Waals surface area contributed by atoms with Crippen LogP contribution in [0.15, 0.2) is 24.8 Å². The number of carbonyl (C=O) groups is 1. The molecule has 25 heavy (non-hydrogen) atoms. The summed E-state index contributed by atoms with van der Waals surface area (Å²) in [5, 5.41) is 15.9. The van der Waals surface area contributed by atoms with E-state index in [1.165, 1.54) is 0 Å². The molecule has 0 saturated carbocycles. The Morgan fingerprint density at radius 1 is 1.28 bits per heavy atom. The number of likely N-dealkylation sites (tertiary alicyclic amines) is 1. The zero-order valence-corrected chi connectivity index (χ0v) is 14.4. The maximum Gasteiger partial charge on any atom is 0.317 e. The van der Waals surface area contributed by atoms with Crippen LogP contribution < -0.4 is 10.2 Å². The Kier molecular flexibility index (Phi) is 4.03. The maximum absolute atomic E-state index is 12.1. The second-order valence-electron chi connectivity index (χ2n) is 6.74. The van der Waals surface area contributed by atoms with Crippen molar-refractivity contribution in [2.45, 2.75) is 13.3 Å². The van der Waals surface area contributed by atoms with E-state index in [0.717, 1.165) is 49.9 Å². The van der Waals surface area contributed by atoms with Gasteiger partial charge in [-0.25, -0.2) is 4.79 Å². The molecule has 8 heteroatoms. The minimum absolute atomic E-state index is 0.0115. The van der Waals surface area contributed by atoms with Gasteiger partial charge in [0.25, 0.3) is 0 Å². The molecule has 2 aliphatic heterocycles. The summed E-state index contributed by atoms with van der Waals surface area (Å²) in [6.07, 6.45) is 2.51. The van der Waals surface area contributed by atoms with Gasteiger partial charge in [-0.15, -0.1) is 21.9 Å². The van der Waals surface area contributed by atoms with Crippen LogP contribution in [0.5, 0.6) is 0 Å². The molecule has 0 aromatic carbocycles. The molecule has 2 saturated heterocycles. The number of urea groups is 1. The Bertz CT molecular complexity index is 787. The summed E-state index contributed by atoms with van der Waals surface area (Å²) in [6, 6.07) is 3.99. The SMILES string of the molecule is C=CCNC(=O)N1CC2CN(c3ccc4nnc(CC)n4n3)CC2C1. The summed E-state index contributed by atoms with van der Waals surface area (Å²) in [7, 11) is 0. The van der Waals surface area contributed by atoms with Gasteiger partial charge in [0.2, 0.25) is 0 Å². The Labute approximate surface area is 146 Å². The molecule has 2 atom stereocenters. The summed E-state index contributed by atoms with van der Waals surface area (Å²) in [6.45, 7) is 9.66.